The fourth-order valence-electron chi connectivity index (χ4n) is 3.05. The van der Waals surface area contributed by atoms with Crippen LogP contribution in [-0.4, -0.2) is 25.1 Å². The van der Waals surface area contributed by atoms with Crippen molar-refractivity contribution in [3.63, 3.8) is 0 Å². The third-order valence-corrected chi connectivity index (χ3v) is 6.23. The second kappa shape index (κ2) is 13.3. The van der Waals surface area contributed by atoms with Crippen LogP contribution in [-0.2, 0) is 16.2 Å². The lowest BCUT2D eigenvalue weighted by molar-refractivity contribution is -0.124. The van der Waals surface area contributed by atoms with Crippen molar-refractivity contribution in [3.8, 4) is 11.5 Å². The summed E-state index contributed by atoms with van der Waals surface area (Å²) in [7, 11) is 1.54. The highest BCUT2D eigenvalue weighted by atomic mass is 79.9. The number of nitrogens with zero attached hydrogens (tertiary/aromatic N) is 1. The largest absolute Gasteiger partial charge is 0.493 e. The average Bonchev–Trinajstić information content (AvgIpc) is 2.85. The van der Waals surface area contributed by atoms with Gasteiger partial charge in [0, 0.05) is 28.6 Å². The van der Waals surface area contributed by atoms with Gasteiger partial charge in [0.05, 0.1) is 17.8 Å². The van der Waals surface area contributed by atoms with Gasteiger partial charge in [0.25, 0.3) is 0 Å². The Labute approximate surface area is 227 Å². The van der Waals surface area contributed by atoms with E-state index in [1.165, 1.54) is 13.3 Å². The molecule has 0 aliphatic rings. The van der Waals surface area contributed by atoms with Crippen molar-refractivity contribution in [1.29, 1.82) is 0 Å². The molecule has 0 saturated heterocycles. The van der Waals surface area contributed by atoms with Gasteiger partial charge < -0.3 is 14.8 Å². The number of aryl methyl sites for hydroxylation is 1. The molecule has 0 bridgehead atoms. The smallest absolute Gasteiger partial charge is 0.240 e. The van der Waals surface area contributed by atoms with Gasteiger partial charge in [0.2, 0.25) is 11.8 Å². The first kappa shape index (κ1) is 27.5. The molecular formula is C26H24BrCl2N3O4. The molecule has 0 spiro atoms. The summed E-state index contributed by atoms with van der Waals surface area (Å²) in [5.41, 5.74) is 5.54. The monoisotopic (exact) mass is 591 g/mol. The van der Waals surface area contributed by atoms with Crippen molar-refractivity contribution in [3.05, 3.63) is 85.8 Å². The minimum Gasteiger partial charge on any atom is -0.493 e. The molecule has 188 valence electrons. The van der Waals surface area contributed by atoms with Crippen LogP contribution in [0.25, 0.3) is 0 Å². The normalized spacial score (nSPS) is 10.8. The van der Waals surface area contributed by atoms with Crippen molar-refractivity contribution < 1.29 is 19.1 Å². The summed E-state index contributed by atoms with van der Waals surface area (Å²) >= 11 is 15.5. The quantitative estimate of drug-likeness (QED) is 0.207. The van der Waals surface area contributed by atoms with Crippen LogP contribution in [0.3, 0.4) is 0 Å². The lowest BCUT2D eigenvalue weighted by atomic mass is 10.2. The molecule has 0 radical (unpaired) electrons. The molecule has 3 rings (SSSR count). The SMILES string of the molecule is COc1cc(C=NNC(=O)CCC(=O)Nc2ccc(C)c(Cl)c2)cc(Br)c1OCc1ccc(Cl)cc1. The number of amides is 2. The van der Waals surface area contributed by atoms with Crippen LogP contribution in [0.2, 0.25) is 10.0 Å². The highest BCUT2D eigenvalue weighted by Gasteiger charge is 2.12. The molecular weight excluding hydrogens is 569 g/mol. The first-order valence-electron chi connectivity index (χ1n) is 10.9. The maximum absolute atomic E-state index is 12.1. The molecule has 0 aliphatic heterocycles. The number of benzene rings is 3. The molecule has 7 nitrogen and oxygen atoms in total. The Hall–Kier alpha value is -3.07. The molecule has 3 aromatic rings. The highest BCUT2D eigenvalue weighted by Crippen LogP contribution is 2.37. The van der Waals surface area contributed by atoms with Gasteiger partial charge in [-0.3, -0.25) is 9.59 Å². The van der Waals surface area contributed by atoms with Gasteiger partial charge in [0.15, 0.2) is 11.5 Å². The number of hydrogen-bond acceptors (Lipinski definition) is 5. The van der Waals surface area contributed by atoms with Crippen LogP contribution in [0.4, 0.5) is 5.69 Å². The summed E-state index contributed by atoms with van der Waals surface area (Å²) in [6.07, 6.45) is 1.46. The Balaban J connectivity index is 1.51. The Morgan fingerprint density at radius 1 is 1.03 bits per heavy atom. The highest BCUT2D eigenvalue weighted by molar-refractivity contribution is 9.10. The van der Waals surface area contributed by atoms with Crippen molar-refractivity contribution >= 4 is 62.8 Å². The second-order valence-electron chi connectivity index (χ2n) is 7.75. The van der Waals surface area contributed by atoms with Crippen LogP contribution >= 0.6 is 39.1 Å². The van der Waals surface area contributed by atoms with Crippen molar-refractivity contribution in [2.75, 3.05) is 12.4 Å². The number of hydrogen-bond donors (Lipinski definition) is 2. The minimum atomic E-state index is -0.391. The molecule has 2 N–H and O–H groups in total. The summed E-state index contributed by atoms with van der Waals surface area (Å²) in [4.78, 5) is 24.2. The van der Waals surface area contributed by atoms with E-state index in [0.29, 0.717) is 43.9 Å². The van der Waals surface area contributed by atoms with Gasteiger partial charge in [-0.25, -0.2) is 5.43 Å². The number of carbonyl (C=O) groups is 2. The lowest BCUT2D eigenvalue weighted by Crippen LogP contribution is -2.20. The van der Waals surface area contributed by atoms with Crippen molar-refractivity contribution in [2.24, 2.45) is 5.10 Å². The van der Waals surface area contributed by atoms with E-state index in [1.807, 2.05) is 25.1 Å². The zero-order valence-electron chi connectivity index (χ0n) is 19.6. The topological polar surface area (TPSA) is 89.0 Å². The summed E-state index contributed by atoms with van der Waals surface area (Å²) < 4.78 is 12.0. The number of nitrogens with one attached hydrogen (secondary N) is 2. The number of hydrazone groups is 1. The predicted molar refractivity (Wildman–Crippen MR) is 146 cm³/mol. The zero-order chi connectivity index (χ0) is 26.1. The number of halogens is 3. The second-order valence-corrected chi connectivity index (χ2v) is 9.45. The van der Waals surface area contributed by atoms with Crippen LogP contribution < -0.4 is 20.2 Å². The Morgan fingerprint density at radius 3 is 2.44 bits per heavy atom. The van der Waals surface area contributed by atoms with E-state index < -0.39 is 5.91 Å². The third-order valence-electron chi connectivity index (χ3n) is 4.99. The molecule has 0 heterocycles. The Morgan fingerprint density at radius 2 is 1.75 bits per heavy atom. The van der Waals surface area contributed by atoms with Gasteiger partial charge >= 0.3 is 0 Å². The summed E-state index contributed by atoms with van der Waals surface area (Å²) in [6.45, 7) is 2.21. The van der Waals surface area contributed by atoms with Crippen molar-refractivity contribution in [2.45, 2.75) is 26.4 Å². The standard InChI is InChI=1S/C26H24BrCl2N3O4/c1-16-3-8-20(13-22(16)29)31-24(33)9-10-25(34)32-30-14-18-11-21(27)26(23(12-18)35-2)36-15-17-4-6-19(28)7-5-17/h3-8,11-14H,9-10,15H2,1-2H3,(H,31,33)(H,32,34). The Kier molecular flexibility index (Phi) is 10.2. The maximum Gasteiger partial charge on any atom is 0.240 e. The molecule has 2 amide bonds. The van der Waals surface area contributed by atoms with Gasteiger partial charge in [0.1, 0.15) is 6.61 Å². The van der Waals surface area contributed by atoms with Crippen molar-refractivity contribution in [1.82, 2.24) is 5.43 Å². The van der Waals surface area contributed by atoms with E-state index in [1.54, 1.807) is 36.4 Å². The maximum atomic E-state index is 12.1. The van der Waals surface area contributed by atoms with Gasteiger partial charge in [-0.1, -0.05) is 41.4 Å². The molecule has 0 fully saturated rings. The zero-order valence-corrected chi connectivity index (χ0v) is 22.7. The summed E-state index contributed by atoms with van der Waals surface area (Å²) in [6, 6.07) is 16.1. The fourth-order valence-corrected chi connectivity index (χ4v) is 3.93. The number of carbonyl (C=O) groups excluding carboxylic acids is 2. The van der Waals surface area contributed by atoms with E-state index >= 15 is 0 Å². The average molecular weight is 593 g/mol. The van der Waals surface area contributed by atoms with E-state index in [-0.39, 0.29) is 18.7 Å². The first-order valence-corrected chi connectivity index (χ1v) is 12.4. The number of methoxy groups -OCH3 is 1. The molecule has 36 heavy (non-hydrogen) atoms. The van der Waals surface area contributed by atoms with Crippen LogP contribution in [0.5, 0.6) is 11.5 Å². The molecule has 3 aromatic carbocycles. The Bertz CT molecular complexity index is 1270. The molecule has 0 atom stereocenters. The van der Waals surface area contributed by atoms with E-state index in [4.69, 9.17) is 32.7 Å². The molecule has 10 heteroatoms. The molecule has 0 aromatic heterocycles. The van der Waals surface area contributed by atoms with Gasteiger partial charge in [-0.15, -0.1) is 0 Å². The van der Waals surface area contributed by atoms with Gasteiger partial charge in [-0.05, 0) is 75.9 Å². The minimum absolute atomic E-state index is 0.00583. The predicted octanol–water partition coefficient (Wildman–Crippen LogP) is 6.52. The van der Waals surface area contributed by atoms with Crippen LogP contribution in [0, 0.1) is 6.92 Å². The summed E-state index contributed by atoms with van der Waals surface area (Å²) in [5, 5.41) is 7.90. The van der Waals surface area contributed by atoms with Crippen LogP contribution in [0.1, 0.15) is 29.5 Å². The molecule has 0 saturated carbocycles. The number of rotatable bonds is 10. The number of anilines is 1. The van der Waals surface area contributed by atoms with E-state index in [9.17, 15) is 9.59 Å². The molecule has 0 aliphatic carbocycles. The van der Waals surface area contributed by atoms with E-state index in [2.05, 4.69) is 31.8 Å². The lowest BCUT2D eigenvalue weighted by Gasteiger charge is -2.13. The molecule has 0 unspecified atom stereocenters. The number of ether oxygens (including phenoxy) is 2. The van der Waals surface area contributed by atoms with Crippen LogP contribution in [0.15, 0.2) is 64.2 Å². The summed E-state index contributed by atoms with van der Waals surface area (Å²) in [5.74, 6) is 0.350. The first-order chi connectivity index (χ1) is 17.2. The van der Waals surface area contributed by atoms with Gasteiger partial charge in [-0.2, -0.15) is 5.10 Å². The third kappa shape index (κ3) is 8.26. The fraction of sp³-hybridized carbons (Fsp3) is 0.192. The van der Waals surface area contributed by atoms with E-state index in [0.717, 1.165) is 11.1 Å².